The minimum absolute atomic E-state index is 0.330. The van der Waals surface area contributed by atoms with Crippen molar-refractivity contribution in [2.24, 2.45) is 5.73 Å². The van der Waals surface area contributed by atoms with Crippen LogP contribution >= 0.6 is 0 Å². The maximum absolute atomic E-state index is 12.0. The predicted octanol–water partition coefficient (Wildman–Crippen LogP) is 7.27. The number of ether oxygens (including phenoxy) is 1. The molecular weight excluding hydrogens is 358 g/mol. The van der Waals surface area contributed by atoms with E-state index in [-0.39, 0.29) is 5.97 Å². The van der Waals surface area contributed by atoms with Crippen molar-refractivity contribution in [1.82, 2.24) is 0 Å². The molecule has 0 unspecified atom stereocenters. The van der Waals surface area contributed by atoms with Gasteiger partial charge in [-0.3, -0.25) is 0 Å². The highest BCUT2D eigenvalue weighted by Gasteiger charge is 2.16. The molecule has 3 nitrogen and oxygen atoms in total. The second-order valence-corrected chi connectivity index (χ2v) is 7.99. The van der Waals surface area contributed by atoms with E-state index in [0.29, 0.717) is 6.61 Å². The summed E-state index contributed by atoms with van der Waals surface area (Å²) in [5, 5.41) is 0. The maximum atomic E-state index is 12.0. The van der Waals surface area contributed by atoms with Gasteiger partial charge in [-0.15, -0.1) is 0 Å². The summed E-state index contributed by atoms with van der Waals surface area (Å²) in [5.41, 5.74) is 6.73. The van der Waals surface area contributed by atoms with Crippen LogP contribution in [-0.4, -0.2) is 12.6 Å². The Bertz CT molecular complexity index is 527. The molecule has 29 heavy (non-hydrogen) atoms. The molecule has 0 heterocycles. The van der Waals surface area contributed by atoms with Crippen LogP contribution in [0.1, 0.15) is 108 Å². The Labute approximate surface area is 179 Å². The minimum atomic E-state index is -0.676. The van der Waals surface area contributed by atoms with Crippen molar-refractivity contribution in [1.29, 1.82) is 0 Å². The van der Waals surface area contributed by atoms with Gasteiger partial charge in [-0.05, 0) is 37.7 Å². The zero-order valence-corrected chi connectivity index (χ0v) is 18.6. The van der Waals surface area contributed by atoms with Gasteiger partial charge in [0.15, 0.2) is 0 Å². The molecule has 1 aromatic rings. The Morgan fingerprint density at radius 2 is 1.34 bits per heavy atom. The third kappa shape index (κ3) is 14.1. The van der Waals surface area contributed by atoms with E-state index in [1.807, 2.05) is 30.3 Å². The first kappa shape index (κ1) is 25.4. The predicted molar refractivity (Wildman–Crippen MR) is 124 cm³/mol. The van der Waals surface area contributed by atoms with Crippen molar-refractivity contribution in [2.45, 2.75) is 103 Å². The Hall–Kier alpha value is -1.61. The summed E-state index contributed by atoms with van der Waals surface area (Å²) >= 11 is 0. The first-order chi connectivity index (χ1) is 14.3. The number of esters is 1. The normalized spacial score (nSPS) is 12.3. The first-order valence-electron chi connectivity index (χ1n) is 11.9. The van der Waals surface area contributed by atoms with Crippen LogP contribution in [0.2, 0.25) is 0 Å². The van der Waals surface area contributed by atoms with Gasteiger partial charge in [-0.1, -0.05) is 107 Å². The number of benzene rings is 1. The van der Waals surface area contributed by atoms with Crippen LogP contribution in [0.5, 0.6) is 0 Å². The van der Waals surface area contributed by atoms with Crippen molar-refractivity contribution in [2.75, 3.05) is 6.61 Å². The van der Waals surface area contributed by atoms with Gasteiger partial charge in [-0.2, -0.15) is 0 Å². The van der Waals surface area contributed by atoms with E-state index in [4.69, 9.17) is 10.5 Å². The summed E-state index contributed by atoms with van der Waals surface area (Å²) in [5.74, 6) is -0.330. The Morgan fingerprint density at radius 1 is 0.828 bits per heavy atom. The fraction of sp³-hybridized carbons (Fsp3) is 0.654. The van der Waals surface area contributed by atoms with Gasteiger partial charge in [0.05, 0.1) is 6.61 Å². The molecule has 0 saturated heterocycles. The summed E-state index contributed by atoms with van der Waals surface area (Å²) in [4.78, 5) is 12.0. The summed E-state index contributed by atoms with van der Waals surface area (Å²) in [7, 11) is 0. The lowest BCUT2D eigenvalue weighted by Crippen LogP contribution is -2.24. The molecule has 3 heteroatoms. The van der Waals surface area contributed by atoms with Crippen LogP contribution in [-0.2, 0) is 9.53 Å². The first-order valence-corrected chi connectivity index (χ1v) is 11.9. The molecule has 164 valence electrons. The zero-order chi connectivity index (χ0) is 21.0. The molecule has 0 aliphatic rings. The topological polar surface area (TPSA) is 52.3 Å². The Kier molecular flexibility index (Phi) is 16.2. The van der Waals surface area contributed by atoms with E-state index in [1.54, 1.807) is 0 Å². The van der Waals surface area contributed by atoms with Crippen molar-refractivity contribution < 1.29 is 9.53 Å². The van der Waals surface area contributed by atoms with Crippen molar-refractivity contribution >= 4 is 5.97 Å². The minimum Gasteiger partial charge on any atom is -0.464 e. The average molecular weight is 402 g/mol. The number of hydrogen-bond donors (Lipinski definition) is 1. The molecular formula is C26H43NO2. The third-order valence-corrected chi connectivity index (χ3v) is 5.31. The van der Waals surface area contributed by atoms with Gasteiger partial charge in [0, 0.05) is 0 Å². The van der Waals surface area contributed by atoms with E-state index in [0.717, 1.165) is 18.4 Å². The highest BCUT2D eigenvalue weighted by molar-refractivity contribution is 5.77. The van der Waals surface area contributed by atoms with Crippen molar-refractivity contribution in [3.8, 4) is 0 Å². The largest absolute Gasteiger partial charge is 0.464 e. The lowest BCUT2D eigenvalue weighted by atomic mass is 10.1. The molecule has 0 fully saturated rings. The summed E-state index contributed by atoms with van der Waals surface area (Å²) < 4.78 is 5.30. The second-order valence-electron chi connectivity index (χ2n) is 7.99. The molecule has 0 spiro atoms. The SMILES string of the molecule is CCCCCCCCC=CCCCCCCCCOC(=O)[C@@H](N)c1ccccc1. The van der Waals surface area contributed by atoms with Gasteiger partial charge in [0.25, 0.3) is 0 Å². The molecule has 0 aliphatic carbocycles. The van der Waals surface area contributed by atoms with Crippen LogP contribution in [0.15, 0.2) is 42.5 Å². The van der Waals surface area contributed by atoms with Gasteiger partial charge in [0.1, 0.15) is 6.04 Å². The second kappa shape index (κ2) is 18.4. The van der Waals surface area contributed by atoms with E-state index < -0.39 is 6.04 Å². The maximum Gasteiger partial charge on any atom is 0.327 e. The number of unbranched alkanes of at least 4 members (excludes halogenated alkanes) is 12. The summed E-state index contributed by atoms with van der Waals surface area (Å²) in [6.07, 6.45) is 22.6. The van der Waals surface area contributed by atoms with Crippen LogP contribution in [0.4, 0.5) is 0 Å². The Balaban J connectivity index is 1.85. The Morgan fingerprint density at radius 3 is 1.93 bits per heavy atom. The molecule has 1 atom stereocenters. The number of rotatable bonds is 18. The van der Waals surface area contributed by atoms with Crippen LogP contribution in [0.3, 0.4) is 0 Å². The quantitative estimate of drug-likeness (QED) is 0.160. The van der Waals surface area contributed by atoms with E-state index in [1.165, 1.54) is 77.0 Å². The number of carbonyl (C=O) groups is 1. The number of carbonyl (C=O) groups excluding carboxylic acids is 1. The third-order valence-electron chi connectivity index (χ3n) is 5.31. The van der Waals surface area contributed by atoms with Gasteiger partial charge >= 0.3 is 5.97 Å². The highest BCUT2D eigenvalue weighted by atomic mass is 16.5. The fourth-order valence-corrected chi connectivity index (χ4v) is 3.41. The molecule has 0 radical (unpaired) electrons. The van der Waals surface area contributed by atoms with E-state index >= 15 is 0 Å². The number of nitrogens with two attached hydrogens (primary N) is 1. The van der Waals surface area contributed by atoms with Gasteiger partial charge in [0.2, 0.25) is 0 Å². The van der Waals surface area contributed by atoms with Crippen LogP contribution in [0, 0.1) is 0 Å². The van der Waals surface area contributed by atoms with Crippen LogP contribution < -0.4 is 5.73 Å². The zero-order valence-electron chi connectivity index (χ0n) is 18.6. The lowest BCUT2D eigenvalue weighted by Gasteiger charge is -2.11. The van der Waals surface area contributed by atoms with Crippen molar-refractivity contribution in [3.05, 3.63) is 48.0 Å². The number of hydrogen-bond acceptors (Lipinski definition) is 3. The smallest absolute Gasteiger partial charge is 0.327 e. The lowest BCUT2D eigenvalue weighted by molar-refractivity contribution is -0.145. The molecule has 0 amide bonds. The van der Waals surface area contributed by atoms with Crippen LogP contribution in [0.25, 0.3) is 0 Å². The summed E-state index contributed by atoms with van der Waals surface area (Å²) in [6, 6.07) is 8.71. The molecule has 0 aliphatic heterocycles. The molecule has 0 aromatic heterocycles. The molecule has 0 bridgehead atoms. The van der Waals surface area contributed by atoms with Gasteiger partial charge in [-0.25, -0.2) is 4.79 Å². The standard InChI is InChI=1S/C26H43NO2/c1-2-3-4-5-6-7-8-9-10-11-12-13-14-15-16-20-23-29-26(28)25(27)24-21-18-17-19-22-24/h9-10,17-19,21-22,25H,2-8,11-16,20,23,27H2,1H3/t25-/m0/s1. The van der Waals surface area contributed by atoms with E-state index in [9.17, 15) is 4.79 Å². The molecule has 2 N–H and O–H groups in total. The van der Waals surface area contributed by atoms with E-state index in [2.05, 4.69) is 19.1 Å². The fourth-order valence-electron chi connectivity index (χ4n) is 3.41. The molecule has 1 aromatic carbocycles. The number of allylic oxidation sites excluding steroid dienone is 2. The van der Waals surface area contributed by atoms with Gasteiger partial charge < -0.3 is 10.5 Å². The molecule has 0 saturated carbocycles. The molecule has 1 rings (SSSR count). The van der Waals surface area contributed by atoms with Crippen molar-refractivity contribution in [3.63, 3.8) is 0 Å². The highest BCUT2D eigenvalue weighted by Crippen LogP contribution is 2.13. The summed E-state index contributed by atoms with van der Waals surface area (Å²) in [6.45, 7) is 2.74. The monoisotopic (exact) mass is 401 g/mol. The average Bonchev–Trinajstić information content (AvgIpc) is 2.75.